The maximum Gasteiger partial charge on any atom is 0.270 e. The Morgan fingerprint density at radius 2 is 1.87 bits per heavy atom. The lowest BCUT2D eigenvalue weighted by atomic mass is 10.2. The number of rotatable bonds is 6. The van der Waals surface area contributed by atoms with Crippen LogP contribution in [0.5, 0.6) is 5.75 Å². The maximum atomic E-state index is 12.2. The fourth-order valence-electron chi connectivity index (χ4n) is 2.70. The van der Waals surface area contributed by atoms with Crippen molar-refractivity contribution in [3.8, 4) is 27.9 Å². The van der Waals surface area contributed by atoms with Gasteiger partial charge in [-0.2, -0.15) is 4.98 Å². The summed E-state index contributed by atoms with van der Waals surface area (Å²) in [6.45, 7) is 1.83. The van der Waals surface area contributed by atoms with Crippen molar-refractivity contribution in [3.05, 3.63) is 71.9 Å². The van der Waals surface area contributed by atoms with Gasteiger partial charge in [-0.15, -0.1) is 0 Å². The van der Waals surface area contributed by atoms with E-state index in [2.05, 4.69) is 20.4 Å². The summed E-state index contributed by atoms with van der Waals surface area (Å²) in [5, 5.41) is 7.27. The van der Waals surface area contributed by atoms with E-state index in [4.69, 9.17) is 9.26 Å². The van der Waals surface area contributed by atoms with E-state index in [1.165, 1.54) is 17.4 Å². The number of ether oxygens (including phenoxy) is 1. The molecule has 0 atom stereocenters. The SMILES string of the molecule is COc1ccc(/C=C/C(=O)Nc2nc(C)c(-c3nc(-c4ccccc4)no3)s2)cc1. The van der Waals surface area contributed by atoms with E-state index < -0.39 is 0 Å². The monoisotopic (exact) mass is 418 g/mol. The third-order valence-electron chi connectivity index (χ3n) is 4.22. The molecule has 0 spiro atoms. The Morgan fingerprint density at radius 3 is 2.60 bits per heavy atom. The Hall–Kier alpha value is -3.78. The minimum atomic E-state index is -0.276. The van der Waals surface area contributed by atoms with Crippen LogP contribution in [0.1, 0.15) is 11.3 Å². The Kier molecular flexibility index (Phi) is 5.67. The van der Waals surface area contributed by atoms with Crippen molar-refractivity contribution in [2.24, 2.45) is 0 Å². The number of amides is 1. The van der Waals surface area contributed by atoms with Gasteiger partial charge in [-0.05, 0) is 30.7 Å². The standard InChI is InChI=1S/C22H18N4O3S/c1-14-19(21-25-20(26-29-21)16-6-4-3-5-7-16)30-22(23-14)24-18(27)13-10-15-8-11-17(28-2)12-9-15/h3-13H,1-2H3,(H,23,24,27)/b13-10+. The lowest BCUT2D eigenvalue weighted by Crippen LogP contribution is -2.07. The van der Waals surface area contributed by atoms with Gasteiger partial charge in [0.2, 0.25) is 11.7 Å². The second-order valence-electron chi connectivity index (χ2n) is 6.32. The van der Waals surface area contributed by atoms with Crippen LogP contribution in [-0.4, -0.2) is 28.1 Å². The first kappa shape index (κ1) is 19.5. The zero-order valence-corrected chi connectivity index (χ0v) is 17.1. The first-order valence-electron chi connectivity index (χ1n) is 9.12. The average molecular weight is 418 g/mol. The van der Waals surface area contributed by atoms with Crippen molar-refractivity contribution < 1.29 is 14.1 Å². The molecule has 2 aromatic carbocycles. The van der Waals surface area contributed by atoms with Crippen LogP contribution in [0.3, 0.4) is 0 Å². The number of aromatic nitrogens is 3. The molecule has 1 N–H and O–H groups in total. The van der Waals surface area contributed by atoms with Crippen molar-refractivity contribution in [3.63, 3.8) is 0 Å². The number of hydrogen-bond acceptors (Lipinski definition) is 7. The van der Waals surface area contributed by atoms with Gasteiger partial charge in [-0.25, -0.2) is 4.98 Å². The molecule has 0 saturated carbocycles. The predicted molar refractivity (Wildman–Crippen MR) is 116 cm³/mol. The molecule has 4 aromatic rings. The fourth-order valence-corrected chi connectivity index (χ4v) is 3.59. The summed E-state index contributed by atoms with van der Waals surface area (Å²) < 4.78 is 10.5. The van der Waals surface area contributed by atoms with Gasteiger partial charge in [0.15, 0.2) is 5.13 Å². The molecule has 0 aliphatic carbocycles. The van der Waals surface area contributed by atoms with E-state index in [-0.39, 0.29) is 5.91 Å². The number of nitrogens with zero attached hydrogens (tertiary/aromatic N) is 3. The summed E-state index contributed by atoms with van der Waals surface area (Å²) in [5.74, 6) is 1.37. The molecule has 0 aliphatic heterocycles. The maximum absolute atomic E-state index is 12.2. The zero-order chi connectivity index (χ0) is 20.9. The first-order valence-corrected chi connectivity index (χ1v) is 9.94. The number of hydrogen-bond donors (Lipinski definition) is 1. The Balaban J connectivity index is 1.45. The van der Waals surface area contributed by atoms with Crippen molar-refractivity contribution in [2.75, 3.05) is 12.4 Å². The van der Waals surface area contributed by atoms with Gasteiger partial charge in [0.05, 0.1) is 12.8 Å². The number of anilines is 1. The van der Waals surface area contributed by atoms with Gasteiger partial charge in [-0.1, -0.05) is 59.0 Å². The second-order valence-corrected chi connectivity index (χ2v) is 7.32. The van der Waals surface area contributed by atoms with Crippen molar-refractivity contribution >= 4 is 28.5 Å². The highest BCUT2D eigenvalue weighted by molar-refractivity contribution is 7.19. The molecule has 0 saturated heterocycles. The van der Waals surface area contributed by atoms with Crippen molar-refractivity contribution in [2.45, 2.75) is 6.92 Å². The molecule has 0 bridgehead atoms. The van der Waals surface area contributed by atoms with Crippen LogP contribution in [0.2, 0.25) is 0 Å². The minimum Gasteiger partial charge on any atom is -0.497 e. The van der Waals surface area contributed by atoms with E-state index in [1.54, 1.807) is 13.2 Å². The molecule has 30 heavy (non-hydrogen) atoms. The zero-order valence-electron chi connectivity index (χ0n) is 16.3. The Labute approximate surface area is 177 Å². The molecular formula is C22H18N4O3S. The average Bonchev–Trinajstić information content (AvgIpc) is 3.40. The second kappa shape index (κ2) is 8.71. The van der Waals surface area contributed by atoms with Crippen molar-refractivity contribution in [1.82, 2.24) is 15.1 Å². The fraction of sp³-hybridized carbons (Fsp3) is 0.0909. The van der Waals surface area contributed by atoms with Crippen LogP contribution >= 0.6 is 11.3 Å². The summed E-state index contributed by atoms with van der Waals surface area (Å²) in [5.41, 5.74) is 2.46. The number of aryl methyl sites for hydroxylation is 1. The first-order chi connectivity index (χ1) is 14.6. The third kappa shape index (κ3) is 4.44. The van der Waals surface area contributed by atoms with E-state index in [1.807, 2.05) is 61.5 Å². The van der Waals surface area contributed by atoms with Crippen molar-refractivity contribution in [1.29, 1.82) is 0 Å². The topological polar surface area (TPSA) is 90.1 Å². The molecule has 2 heterocycles. The van der Waals surface area contributed by atoms with Gasteiger partial charge in [-0.3, -0.25) is 10.1 Å². The summed E-state index contributed by atoms with van der Waals surface area (Å²) in [7, 11) is 1.61. The molecule has 150 valence electrons. The third-order valence-corrected chi connectivity index (χ3v) is 5.28. The highest BCUT2D eigenvalue weighted by atomic mass is 32.1. The molecule has 0 unspecified atom stereocenters. The van der Waals surface area contributed by atoms with Gasteiger partial charge >= 0.3 is 0 Å². The number of benzene rings is 2. The number of thiazole rings is 1. The van der Waals surface area contributed by atoms with E-state index in [9.17, 15) is 4.79 Å². The molecule has 1 amide bonds. The summed E-state index contributed by atoms with van der Waals surface area (Å²) in [4.78, 5) is 21.8. The lowest BCUT2D eigenvalue weighted by Gasteiger charge is -1.99. The molecule has 8 heteroatoms. The van der Waals surface area contributed by atoms with E-state index >= 15 is 0 Å². The van der Waals surface area contributed by atoms with Gasteiger partial charge in [0.1, 0.15) is 10.6 Å². The molecule has 4 rings (SSSR count). The van der Waals surface area contributed by atoms with Gasteiger partial charge < -0.3 is 9.26 Å². The number of carbonyl (C=O) groups excluding carboxylic acids is 1. The van der Waals surface area contributed by atoms with Crippen LogP contribution in [0.15, 0.2) is 65.2 Å². The highest BCUT2D eigenvalue weighted by Crippen LogP contribution is 2.32. The van der Waals surface area contributed by atoms with Crippen LogP contribution < -0.4 is 10.1 Å². The number of methoxy groups -OCH3 is 1. The largest absolute Gasteiger partial charge is 0.497 e. The van der Waals surface area contributed by atoms with Gasteiger partial charge in [0.25, 0.3) is 5.89 Å². The Morgan fingerprint density at radius 1 is 1.10 bits per heavy atom. The van der Waals surface area contributed by atoms with Crippen LogP contribution in [0.4, 0.5) is 5.13 Å². The Bertz CT molecular complexity index is 1180. The van der Waals surface area contributed by atoms with Crippen LogP contribution in [0.25, 0.3) is 28.2 Å². The van der Waals surface area contributed by atoms with E-state index in [0.29, 0.717) is 22.5 Å². The predicted octanol–water partition coefficient (Wildman–Crippen LogP) is 4.83. The van der Waals surface area contributed by atoms with E-state index in [0.717, 1.165) is 21.8 Å². The highest BCUT2D eigenvalue weighted by Gasteiger charge is 2.17. The number of carbonyl (C=O) groups is 1. The lowest BCUT2D eigenvalue weighted by molar-refractivity contribution is -0.111. The molecule has 0 aliphatic rings. The van der Waals surface area contributed by atoms with Crippen LogP contribution in [-0.2, 0) is 4.79 Å². The van der Waals surface area contributed by atoms with Gasteiger partial charge in [0, 0.05) is 11.6 Å². The molecular weight excluding hydrogens is 400 g/mol. The number of nitrogens with one attached hydrogen (secondary N) is 1. The quantitative estimate of drug-likeness (QED) is 0.451. The molecule has 0 radical (unpaired) electrons. The molecule has 7 nitrogen and oxygen atoms in total. The molecule has 2 aromatic heterocycles. The smallest absolute Gasteiger partial charge is 0.270 e. The molecule has 0 fully saturated rings. The summed E-state index contributed by atoms with van der Waals surface area (Å²) in [6.07, 6.45) is 3.18. The minimum absolute atomic E-state index is 0.276. The summed E-state index contributed by atoms with van der Waals surface area (Å²) in [6, 6.07) is 17.0. The summed E-state index contributed by atoms with van der Waals surface area (Å²) >= 11 is 1.29. The normalized spacial score (nSPS) is 11.0. The van der Waals surface area contributed by atoms with Crippen LogP contribution in [0, 0.1) is 6.92 Å².